The van der Waals surface area contributed by atoms with Gasteiger partial charge in [0.25, 0.3) is 5.69 Å². The van der Waals surface area contributed by atoms with Crippen molar-refractivity contribution in [3.05, 3.63) is 39.4 Å². The fraction of sp³-hybridized carbons (Fsp3) is 0.467. The van der Waals surface area contributed by atoms with Gasteiger partial charge in [-0.15, -0.1) is 0 Å². The highest BCUT2D eigenvalue weighted by Crippen LogP contribution is 2.22. The van der Waals surface area contributed by atoms with E-state index in [1.54, 1.807) is 0 Å². The lowest BCUT2D eigenvalue weighted by Gasteiger charge is -2.21. The molecule has 9 heteroatoms. The van der Waals surface area contributed by atoms with Crippen molar-refractivity contribution in [2.75, 3.05) is 20.6 Å². The van der Waals surface area contributed by atoms with Crippen molar-refractivity contribution in [1.82, 2.24) is 9.80 Å². The summed E-state index contributed by atoms with van der Waals surface area (Å²) in [5.74, 6) is -3.16. The number of carboxylic acids is 2. The smallest absolute Gasteiger partial charge is 0.343 e. The molecule has 0 spiro atoms. The van der Waals surface area contributed by atoms with Crippen molar-refractivity contribution in [2.45, 2.75) is 26.1 Å². The predicted octanol–water partition coefficient (Wildman–Crippen LogP) is 1.59. The summed E-state index contributed by atoms with van der Waals surface area (Å²) in [4.78, 5) is 35.6. The normalized spacial score (nSPS) is 21.0. The maximum atomic E-state index is 10.7. The minimum Gasteiger partial charge on any atom is -0.478 e. The Morgan fingerprint density at radius 3 is 2.08 bits per heavy atom. The fourth-order valence-corrected chi connectivity index (χ4v) is 2.47. The number of nitro benzene ring substituents is 1. The SMILES string of the molecule is CC1CN(C)C(C)N1C.O=C(O)c1cccc([N+](=O)[O-])c1C(=O)O. The number of benzene rings is 1. The molecule has 2 unspecified atom stereocenters. The second-order valence-electron chi connectivity index (χ2n) is 5.65. The first-order chi connectivity index (χ1) is 11.1. The molecule has 1 aromatic carbocycles. The molecule has 0 saturated carbocycles. The third-order valence-corrected chi connectivity index (χ3v) is 4.16. The molecule has 1 fully saturated rings. The molecule has 1 aromatic rings. The Bertz CT molecular complexity index is 604. The Morgan fingerprint density at radius 1 is 1.21 bits per heavy atom. The highest BCUT2D eigenvalue weighted by atomic mass is 16.6. The van der Waals surface area contributed by atoms with Crippen LogP contribution in [0.3, 0.4) is 0 Å². The molecule has 1 aliphatic heterocycles. The van der Waals surface area contributed by atoms with Gasteiger partial charge in [0.1, 0.15) is 0 Å². The number of carboxylic acid groups (broad SMARTS) is 2. The van der Waals surface area contributed by atoms with Crippen molar-refractivity contribution < 1.29 is 24.7 Å². The van der Waals surface area contributed by atoms with Gasteiger partial charge in [-0.05, 0) is 34.0 Å². The zero-order valence-corrected chi connectivity index (χ0v) is 14.0. The van der Waals surface area contributed by atoms with Gasteiger partial charge in [-0.3, -0.25) is 19.9 Å². The number of hydrogen-bond donors (Lipinski definition) is 2. The van der Waals surface area contributed by atoms with Gasteiger partial charge in [0.2, 0.25) is 0 Å². The summed E-state index contributed by atoms with van der Waals surface area (Å²) in [6.45, 7) is 5.71. The first-order valence-electron chi connectivity index (χ1n) is 7.24. The zero-order valence-electron chi connectivity index (χ0n) is 14.0. The van der Waals surface area contributed by atoms with Gasteiger partial charge >= 0.3 is 11.9 Å². The zero-order chi connectivity index (χ0) is 18.6. The Kier molecular flexibility index (Phi) is 6.38. The fourth-order valence-electron chi connectivity index (χ4n) is 2.47. The van der Waals surface area contributed by atoms with Crippen LogP contribution in [0.4, 0.5) is 5.69 Å². The molecule has 132 valence electrons. The number of rotatable bonds is 3. The Labute approximate surface area is 139 Å². The van der Waals surface area contributed by atoms with E-state index in [0.717, 1.165) is 24.2 Å². The summed E-state index contributed by atoms with van der Waals surface area (Å²) < 4.78 is 0. The molecule has 2 rings (SSSR count). The van der Waals surface area contributed by atoms with Gasteiger partial charge in [0.05, 0.1) is 16.7 Å². The Balaban J connectivity index is 0.000000272. The van der Waals surface area contributed by atoms with Gasteiger partial charge in [-0.1, -0.05) is 6.07 Å². The first kappa shape index (κ1) is 19.5. The highest BCUT2D eigenvalue weighted by Gasteiger charge is 2.28. The Hall–Kier alpha value is -2.52. The van der Waals surface area contributed by atoms with E-state index in [0.29, 0.717) is 6.17 Å². The lowest BCUT2D eigenvalue weighted by atomic mass is 10.1. The standard InChI is InChI=1S/C8H5NO6.C7H16N2/c10-7(11)4-2-1-3-5(9(14)15)6(4)8(12)13;1-6-5-8(3)7(2)9(6)4/h1-3H,(H,10,11)(H,12,13);6-7H,5H2,1-4H3. The quantitative estimate of drug-likeness (QED) is 0.628. The lowest BCUT2D eigenvalue weighted by Crippen LogP contribution is -2.32. The van der Waals surface area contributed by atoms with Crippen molar-refractivity contribution in [2.24, 2.45) is 0 Å². The van der Waals surface area contributed by atoms with Gasteiger partial charge in [-0.2, -0.15) is 0 Å². The van der Waals surface area contributed by atoms with Crippen LogP contribution < -0.4 is 0 Å². The van der Waals surface area contributed by atoms with E-state index in [4.69, 9.17) is 10.2 Å². The van der Waals surface area contributed by atoms with E-state index >= 15 is 0 Å². The van der Waals surface area contributed by atoms with Crippen LogP contribution in [-0.4, -0.2) is 69.7 Å². The molecule has 0 aliphatic carbocycles. The van der Waals surface area contributed by atoms with Crippen molar-refractivity contribution in [3.8, 4) is 0 Å². The number of aromatic carboxylic acids is 2. The average molecular weight is 339 g/mol. The minimum absolute atomic E-state index is 0.600. The van der Waals surface area contributed by atoms with Crippen molar-refractivity contribution >= 4 is 17.6 Å². The molecule has 0 radical (unpaired) electrons. The second-order valence-corrected chi connectivity index (χ2v) is 5.65. The molecule has 1 heterocycles. The molecule has 24 heavy (non-hydrogen) atoms. The highest BCUT2D eigenvalue weighted by molar-refractivity contribution is 6.04. The molecule has 0 aromatic heterocycles. The summed E-state index contributed by atoms with van der Waals surface area (Å²) in [6.07, 6.45) is 0.625. The maximum absolute atomic E-state index is 10.7. The first-order valence-corrected chi connectivity index (χ1v) is 7.24. The number of likely N-dealkylation sites (N-methyl/N-ethyl adjacent to an activating group) is 2. The summed E-state index contributed by atoms with van der Waals surface area (Å²) >= 11 is 0. The summed E-state index contributed by atoms with van der Waals surface area (Å²) in [7, 11) is 4.35. The van der Waals surface area contributed by atoms with Crippen LogP contribution in [0.25, 0.3) is 0 Å². The summed E-state index contributed by atoms with van der Waals surface area (Å²) in [5.41, 5.74) is -2.14. The maximum Gasteiger partial charge on any atom is 0.343 e. The van der Waals surface area contributed by atoms with Gasteiger partial charge < -0.3 is 10.2 Å². The monoisotopic (exact) mass is 339 g/mol. The average Bonchev–Trinajstić information content (AvgIpc) is 2.73. The summed E-state index contributed by atoms with van der Waals surface area (Å²) in [6, 6.07) is 3.79. The van der Waals surface area contributed by atoms with Crippen LogP contribution in [0.2, 0.25) is 0 Å². The molecular formula is C15H21N3O6. The third kappa shape index (κ3) is 4.27. The van der Waals surface area contributed by atoms with Crippen molar-refractivity contribution in [3.63, 3.8) is 0 Å². The van der Waals surface area contributed by atoms with E-state index < -0.39 is 33.7 Å². The number of carbonyl (C=O) groups is 2. The number of nitrogens with zero attached hydrogens (tertiary/aromatic N) is 3. The molecule has 1 saturated heterocycles. The molecule has 1 aliphatic rings. The third-order valence-electron chi connectivity index (χ3n) is 4.16. The molecule has 0 amide bonds. The summed E-state index contributed by atoms with van der Waals surface area (Å²) in [5, 5.41) is 27.8. The molecule has 2 atom stereocenters. The van der Waals surface area contributed by atoms with Crippen LogP contribution in [0.15, 0.2) is 18.2 Å². The minimum atomic E-state index is -1.64. The van der Waals surface area contributed by atoms with E-state index in [2.05, 4.69) is 37.7 Å². The topological polar surface area (TPSA) is 124 Å². The van der Waals surface area contributed by atoms with Crippen LogP contribution in [0.5, 0.6) is 0 Å². The van der Waals surface area contributed by atoms with Gasteiger partial charge in [0, 0.05) is 18.7 Å². The molecule has 0 bridgehead atoms. The molecule has 9 nitrogen and oxygen atoms in total. The lowest BCUT2D eigenvalue weighted by molar-refractivity contribution is -0.385. The van der Waals surface area contributed by atoms with E-state index in [1.165, 1.54) is 6.54 Å². The number of nitro groups is 1. The Morgan fingerprint density at radius 2 is 1.79 bits per heavy atom. The van der Waals surface area contributed by atoms with Crippen LogP contribution in [-0.2, 0) is 0 Å². The van der Waals surface area contributed by atoms with Gasteiger partial charge in [-0.25, -0.2) is 9.59 Å². The van der Waals surface area contributed by atoms with Gasteiger partial charge in [0.15, 0.2) is 5.56 Å². The second kappa shape index (κ2) is 7.84. The van der Waals surface area contributed by atoms with E-state index in [9.17, 15) is 19.7 Å². The number of hydrogen-bond acceptors (Lipinski definition) is 6. The van der Waals surface area contributed by atoms with E-state index in [-0.39, 0.29) is 0 Å². The van der Waals surface area contributed by atoms with Crippen LogP contribution in [0, 0.1) is 10.1 Å². The van der Waals surface area contributed by atoms with Crippen molar-refractivity contribution in [1.29, 1.82) is 0 Å². The van der Waals surface area contributed by atoms with Crippen LogP contribution >= 0.6 is 0 Å². The largest absolute Gasteiger partial charge is 0.478 e. The molecular weight excluding hydrogens is 318 g/mol. The van der Waals surface area contributed by atoms with Crippen LogP contribution in [0.1, 0.15) is 34.6 Å². The predicted molar refractivity (Wildman–Crippen MR) is 86.3 cm³/mol. The van der Waals surface area contributed by atoms with E-state index in [1.807, 2.05) is 0 Å². The molecule has 2 N–H and O–H groups in total.